The summed E-state index contributed by atoms with van der Waals surface area (Å²) in [6.45, 7) is 9.05. The average molecular weight is 332 g/mol. The molecular weight excluding hydrogens is 300 g/mol. The van der Waals surface area contributed by atoms with Crippen LogP contribution in [0.25, 0.3) is 0 Å². The fourth-order valence-electron chi connectivity index (χ4n) is 1.64. The van der Waals surface area contributed by atoms with Gasteiger partial charge in [0.05, 0.1) is 26.4 Å². The van der Waals surface area contributed by atoms with E-state index < -0.39 is 0 Å². The van der Waals surface area contributed by atoms with Crippen molar-refractivity contribution in [3.63, 3.8) is 0 Å². The number of nitrogens with one attached hydrogen (secondary N) is 2. The Balaban J connectivity index is 3.17. The Morgan fingerprint density at radius 1 is 0.783 bits per heavy atom. The van der Waals surface area contributed by atoms with Gasteiger partial charge in [-0.25, -0.2) is 0 Å². The predicted octanol–water partition coefficient (Wildman–Crippen LogP) is 0.174. The molecule has 0 spiro atoms. The van der Waals surface area contributed by atoms with Gasteiger partial charge in [-0.2, -0.15) is 0 Å². The summed E-state index contributed by atoms with van der Waals surface area (Å²) >= 11 is 0. The van der Waals surface area contributed by atoms with Crippen molar-refractivity contribution < 1.29 is 23.8 Å². The molecule has 7 heteroatoms. The molecule has 0 rings (SSSR count). The summed E-state index contributed by atoms with van der Waals surface area (Å²) in [5, 5.41) is 6.42. The molecule has 0 saturated heterocycles. The van der Waals surface area contributed by atoms with Crippen LogP contribution in [0.4, 0.5) is 0 Å². The minimum Gasteiger partial charge on any atom is -0.379 e. The Hall–Kier alpha value is -0.860. The van der Waals surface area contributed by atoms with E-state index in [0.717, 1.165) is 26.1 Å². The second kappa shape index (κ2) is 17.5. The third kappa shape index (κ3) is 19.1. The number of ether oxygens (including phenoxy) is 3. The topological polar surface area (TPSA) is 85.9 Å². The minimum atomic E-state index is -0.0200. The maximum Gasteiger partial charge on any atom is 0.159 e. The van der Waals surface area contributed by atoms with Crippen LogP contribution in [0.15, 0.2) is 0 Å². The van der Waals surface area contributed by atoms with Gasteiger partial charge < -0.3 is 24.8 Å². The first kappa shape index (κ1) is 22.1. The lowest BCUT2D eigenvalue weighted by Gasteiger charge is -2.07. The zero-order valence-corrected chi connectivity index (χ0v) is 14.5. The van der Waals surface area contributed by atoms with Crippen molar-refractivity contribution in [1.82, 2.24) is 10.6 Å². The third-order valence-electron chi connectivity index (χ3n) is 2.79. The summed E-state index contributed by atoms with van der Waals surface area (Å²) < 4.78 is 15.6. The van der Waals surface area contributed by atoms with Crippen molar-refractivity contribution in [3.05, 3.63) is 0 Å². The van der Waals surface area contributed by atoms with Crippen LogP contribution in [0.2, 0.25) is 0 Å². The van der Waals surface area contributed by atoms with Gasteiger partial charge in [0.2, 0.25) is 0 Å². The van der Waals surface area contributed by atoms with Gasteiger partial charge in [-0.1, -0.05) is 6.92 Å². The van der Waals surface area contributed by atoms with Crippen molar-refractivity contribution >= 4 is 11.6 Å². The molecule has 0 saturated carbocycles. The number of hydrogen-bond acceptors (Lipinski definition) is 7. The molecule has 0 radical (unpaired) electrons. The number of hydrogen-bond donors (Lipinski definition) is 2. The molecule has 0 atom stereocenters. The average Bonchev–Trinajstić information content (AvgIpc) is 2.52. The van der Waals surface area contributed by atoms with E-state index in [2.05, 4.69) is 17.6 Å². The Labute approximate surface area is 139 Å². The Morgan fingerprint density at radius 2 is 1.39 bits per heavy atom. The van der Waals surface area contributed by atoms with E-state index in [1.165, 1.54) is 6.92 Å². The summed E-state index contributed by atoms with van der Waals surface area (Å²) in [5.74, 6) is 0.0297. The highest BCUT2D eigenvalue weighted by Crippen LogP contribution is 1.86. The smallest absolute Gasteiger partial charge is 0.159 e. The van der Waals surface area contributed by atoms with E-state index in [0.29, 0.717) is 39.4 Å². The summed E-state index contributed by atoms with van der Waals surface area (Å²) in [5.41, 5.74) is 0. The second-order valence-corrected chi connectivity index (χ2v) is 5.21. The number of carbonyl (C=O) groups is 2. The standard InChI is InChI=1S/C16H32N2O5/c1-3-5-17-7-9-21-10-8-18-6-4-16(20)14-23-12-11-22-13-15(2)19/h17-18H,3-14H2,1-2H3. The SMILES string of the molecule is CCCNCCOCCNCCC(=O)COCCOCC(C)=O. The molecule has 0 aromatic carbocycles. The van der Waals surface area contributed by atoms with Crippen LogP contribution in [0.3, 0.4) is 0 Å². The minimum absolute atomic E-state index is 0.0200. The molecular formula is C16H32N2O5. The first-order chi connectivity index (χ1) is 11.2. The van der Waals surface area contributed by atoms with Gasteiger partial charge in [-0.05, 0) is 19.9 Å². The predicted molar refractivity (Wildman–Crippen MR) is 88.8 cm³/mol. The molecule has 0 aliphatic heterocycles. The van der Waals surface area contributed by atoms with Crippen molar-refractivity contribution in [1.29, 1.82) is 0 Å². The van der Waals surface area contributed by atoms with E-state index in [1.54, 1.807) is 0 Å². The van der Waals surface area contributed by atoms with Gasteiger partial charge in [-0.15, -0.1) is 0 Å². The van der Waals surface area contributed by atoms with Gasteiger partial charge in [0.1, 0.15) is 13.2 Å². The van der Waals surface area contributed by atoms with E-state index in [-0.39, 0.29) is 24.8 Å². The zero-order chi connectivity index (χ0) is 17.2. The number of Topliss-reactive ketones (excluding diaryl/α,β-unsaturated/α-hetero) is 2. The Kier molecular flexibility index (Phi) is 16.8. The summed E-state index contributed by atoms with van der Waals surface area (Å²) in [7, 11) is 0. The molecule has 7 nitrogen and oxygen atoms in total. The molecule has 23 heavy (non-hydrogen) atoms. The molecule has 0 unspecified atom stereocenters. The number of ketones is 2. The van der Waals surface area contributed by atoms with Gasteiger partial charge in [0.15, 0.2) is 11.6 Å². The van der Waals surface area contributed by atoms with Crippen molar-refractivity contribution in [2.24, 2.45) is 0 Å². The quantitative estimate of drug-likeness (QED) is 0.346. The highest BCUT2D eigenvalue weighted by atomic mass is 16.5. The molecule has 0 fully saturated rings. The van der Waals surface area contributed by atoms with Gasteiger partial charge in [0, 0.05) is 26.1 Å². The molecule has 0 bridgehead atoms. The largest absolute Gasteiger partial charge is 0.379 e. The number of carbonyl (C=O) groups excluding carboxylic acids is 2. The zero-order valence-electron chi connectivity index (χ0n) is 14.5. The van der Waals surface area contributed by atoms with Gasteiger partial charge >= 0.3 is 0 Å². The molecule has 0 aromatic heterocycles. The van der Waals surface area contributed by atoms with E-state index in [4.69, 9.17) is 14.2 Å². The van der Waals surface area contributed by atoms with E-state index in [9.17, 15) is 9.59 Å². The van der Waals surface area contributed by atoms with Crippen LogP contribution < -0.4 is 10.6 Å². The Morgan fingerprint density at radius 3 is 2.00 bits per heavy atom. The van der Waals surface area contributed by atoms with Crippen LogP contribution in [-0.2, 0) is 23.8 Å². The van der Waals surface area contributed by atoms with Crippen LogP contribution in [-0.4, -0.2) is 77.4 Å². The lowest BCUT2D eigenvalue weighted by atomic mass is 10.3. The molecule has 0 aromatic rings. The highest BCUT2D eigenvalue weighted by Gasteiger charge is 2.02. The fraction of sp³-hybridized carbons (Fsp3) is 0.875. The molecule has 2 N–H and O–H groups in total. The van der Waals surface area contributed by atoms with Crippen molar-refractivity contribution in [3.8, 4) is 0 Å². The molecule has 136 valence electrons. The highest BCUT2D eigenvalue weighted by molar-refractivity contribution is 5.79. The molecule has 0 aliphatic rings. The summed E-state index contributed by atoms with van der Waals surface area (Å²) in [6.07, 6.45) is 1.57. The second-order valence-electron chi connectivity index (χ2n) is 5.21. The normalized spacial score (nSPS) is 10.9. The van der Waals surface area contributed by atoms with Gasteiger partial charge in [-0.3, -0.25) is 9.59 Å². The maximum absolute atomic E-state index is 11.5. The van der Waals surface area contributed by atoms with Crippen LogP contribution in [0.1, 0.15) is 26.7 Å². The van der Waals surface area contributed by atoms with E-state index >= 15 is 0 Å². The van der Waals surface area contributed by atoms with Crippen molar-refractivity contribution in [2.45, 2.75) is 26.7 Å². The van der Waals surface area contributed by atoms with Crippen LogP contribution in [0, 0.1) is 0 Å². The maximum atomic E-state index is 11.5. The van der Waals surface area contributed by atoms with E-state index in [1.807, 2.05) is 0 Å². The lowest BCUT2D eigenvalue weighted by Crippen LogP contribution is -2.26. The molecule has 0 amide bonds. The van der Waals surface area contributed by atoms with Gasteiger partial charge in [0.25, 0.3) is 0 Å². The van der Waals surface area contributed by atoms with Crippen LogP contribution >= 0.6 is 0 Å². The van der Waals surface area contributed by atoms with Crippen molar-refractivity contribution in [2.75, 3.05) is 65.8 Å². The number of rotatable bonds is 18. The third-order valence-corrected chi connectivity index (χ3v) is 2.79. The summed E-state index contributed by atoms with van der Waals surface area (Å²) in [6, 6.07) is 0. The first-order valence-corrected chi connectivity index (χ1v) is 8.32. The first-order valence-electron chi connectivity index (χ1n) is 8.32. The van der Waals surface area contributed by atoms with Crippen LogP contribution in [0.5, 0.6) is 0 Å². The molecule has 0 aliphatic carbocycles. The lowest BCUT2D eigenvalue weighted by molar-refractivity contribution is -0.126. The fourth-order valence-corrected chi connectivity index (χ4v) is 1.64. The molecule has 0 heterocycles. The Bertz CT molecular complexity index is 300. The summed E-state index contributed by atoms with van der Waals surface area (Å²) in [4.78, 5) is 22.1. The monoisotopic (exact) mass is 332 g/mol.